The molecule has 4 N–H and O–H groups in total. The van der Waals surface area contributed by atoms with E-state index in [-0.39, 0.29) is 19.0 Å². The number of carbonyl (C=O) groups is 2. The van der Waals surface area contributed by atoms with Crippen LogP contribution >= 0.6 is 11.3 Å². The maximum Gasteiger partial charge on any atom is 0.371 e. The maximum atomic E-state index is 9.54. The van der Waals surface area contributed by atoms with Crippen molar-refractivity contribution < 1.29 is 36.8 Å². The molecule has 138 valence electrons. The summed E-state index contributed by atoms with van der Waals surface area (Å²) in [5.74, 6) is -0.987. The second-order valence-electron chi connectivity index (χ2n) is 5.02. The van der Waals surface area contributed by atoms with Crippen LogP contribution in [0.4, 0.5) is 5.82 Å². The Bertz CT molecular complexity index is 724. The third kappa shape index (κ3) is 7.12. The van der Waals surface area contributed by atoms with Gasteiger partial charge in [0.15, 0.2) is 12.2 Å². The van der Waals surface area contributed by atoms with Gasteiger partial charge < -0.3 is 28.4 Å². The number of hydrogen-bond acceptors (Lipinski definition) is 7. The van der Waals surface area contributed by atoms with E-state index in [1.165, 1.54) is 4.88 Å². The van der Waals surface area contributed by atoms with Crippen molar-refractivity contribution in [2.45, 2.75) is 33.7 Å². The van der Waals surface area contributed by atoms with E-state index in [1.54, 1.807) is 17.5 Å². The van der Waals surface area contributed by atoms with E-state index in [9.17, 15) is 9.59 Å². The average molecular weight is 389 g/mol. The first-order valence-electron chi connectivity index (χ1n) is 7.15. The first-order valence-corrected chi connectivity index (χ1v) is 8.03. The molecule has 0 unspecified atom stereocenters. The summed E-state index contributed by atoms with van der Waals surface area (Å²) in [6.45, 7) is 5.72. The number of carbonyl (C=O) groups excluding carboxylic acids is 1. The molecule has 0 fully saturated rings. The van der Waals surface area contributed by atoms with Gasteiger partial charge in [-0.1, -0.05) is 11.3 Å². The molecule has 0 aliphatic rings. The number of aryl methyl sites for hydroxylation is 1. The van der Waals surface area contributed by atoms with Crippen LogP contribution < -0.4 is 22.7 Å². The van der Waals surface area contributed by atoms with Crippen molar-refractivity contribution in [3.63, 3.8) is 0 Å². The molecule has 2 rings (SSSR count). The molecular formula is C15H21ClN4O4S. The van der Waals surface area contributed by atoms with Gasteiger partial charge in [-0.15, -0.1) is 0 Å². The summed E-state index contributed by atoms with van der Waals surface area (Å²) >= 11 is 1.65. The summed E-state index contributed by atoms with van der Waals surface area (Å²) in [5.41, 5.74) is 10.0. The Hall–Kier alpha value is -2.10. The third-order valence-corrected chi connectivity index (χ3v) is 4.30. The summed E-state index contributed by atoms with van der Waals surface area (Å²) < 4.78 is 2.11. The number of nitrogens with two attached hydrogens (primary N) is 1. The lowest BCUT2D eigenvalue weighted by atomic mass is 10.2. The fraction of sp³-hybridized carbons (Fsp3) is 0.400. The topological polar surface area (TPSA) is 130 Å². The van der Waals surface area contributed by atoms with Gasteiger partial charge in [0.1, 0.15) is 11.6 Å². The number of ketones is 1. The fourth-order valence-corrected chi connectivity index (χ4v) is 2.75. The lowest BCUT2D eigenvalue weighted by Crippen LogP contribution is -3.00. The van der Waals surface area contributed by atoms with Crippen LogP contribution in [0.3, 0.4) is 0 Å². The Morgan fingerprint density at radius 3 is 2.44 bits per heavy atom. The number of carboxylic acid groups (broad SMARTS) is 1. The van der Waals surface area contributed by atoms with E-state index in [2.05, 4.69) is 14.5 Å². The van der Waals surface area contributed by atoms with Crippen LogP contribution in [0.15, 0.2) is 11.7 Å². The lowest BCUT2D eigenvalue weighted by molar-refractivity contribution is -0.689. The van der Waals surface area contributed by atoms with Crippen molar-refractivity contribution in [1.82, 2.24) is 9.97 Å². The van der Waals surface area contributed by atoms with Gasteiger partial charge in [0, 0.05) is 33.1 Å². The second kappa shape index (κ2) is 10.7. The number of anilines is 1. The van der Waals surface area contributed by atoms with E-state index in [4.69, 9.17) is 15.9 Å². The molecule has 0 saturated carbocycles. The quantitative estimate of drug-likeness (QED) is 0.374. The van der Waals surface area contributed by atoms with Gasteiger partial charge in [-0.3, -0.25) is 4.79 Å². The first-order chi connectivity index (χ1) is 11.3. The Balaban J connectivity index is 0.000000715. The first kappa shape index (κ1) is 22.9. The molecule has 0 spiro atoms. The van der Waals surface area contributed by atoms with Crippen LogP contribution in [0.2, 0.25) is 0 Å². The molecule has 10 heteroatoms. The molecule has 0 radical (unpaired) electrons. The largest absolute Gasteiger partial charge is 1.00 e. The van der Waals surface area contributed by atoms with Crippen LogP contribution in [0.1, 0.15) is 28.9 Å². The van der Waals surface area contributed by atoms with E-state index >= 15 is 0 Å². The highest BCUT2D eigenvalue weighted by atomic mass is 35.5. The van der Waals surface area contributed by atoms with Crippen molar-refractivity contribution in [2.24, 2.45) is 0 Å². The van der Waals surface area contributed by atoms with Crippen LogP contribution in [0.25, 0.3) is 0 Å². The number of aliphatic hydroxyl groups excluding tert-OH is 1. The zero-order valence-corrected chi connectivity index (χ0v) is 15.8. The molecule has 0 aromatic carbocycles. The summed E-state index contributed by atoms with van der Waals surface area (Å²) in [4.78, 5) is 28.4. The average Bonchev–Trinajstić information content (AvgIpc) is 2.84. The second-order valence-corrected chi connectivity index (χ2v) is 5.96. The van der Waals surface area contributed by atoms with E-state index in [1.807, 2.05) is 19.4 Å². The number of Topliss-reactive ketones (excluding diaryl/α,β-unsaturated/α-hetero) is 1. The molecule has 2 aromatic heterocycles. The number of nitrogens with zero attached hydrogens (tertiary/aromatic N) is 3. The minimum atomic E-state index is -1.38. The fourth-order valence-electron chi connectivity index (χ4n) is 1.77. The molecule has 0 amide bonds. The van der Waals surface area contributed by atoms with Crippen molar-refractivity contribution in [1.29, 1.82) is 0 Å². The molecule has 25 heavy (non-hydrogen) atoms. The normalized spacial score (nSPS) is 9.60. The third-order valence-electron chi connectivity index (χ3n) is 3.16. The lowest BCUT2D eigenvalue weighted by Gasteiger charge is -2.01. The predicted molar refractivity (Wildman–Crippen MR) is 88.6 cm³/mol. The number of carboxylic acids is 1. The number of aliphatic carboxylic acids is 1. The molecule has 0 aliphatic heterocycles. The van der Waals surface area contributed by atoms with Gasteiger partial charge in [0.2, 0.25) is 11.3 Å². The van der Waals surface area contributed by atoms with Gasteiger partial charge >= 0.3 is 5.97 Å². The molecular weight excluding hydrogens is 368 g/mol. The maximum absolute atomic E-state index is 9.54. The molecule has 2 aromatic rings. The Kier molecular flexibility index (Phi) is 9.80. The van der Waals surface area contributed by atoms with Gasteiger partial charge in [-0.05, 0) is 6.92 Å². The van der Waals surface area contributed by atoms with E-state index in [0.717, 1.165) is 18.2 Å². The Labute approximate surface area is 155 Å². The minimum Gasteiger partial charge on any atom is -1.00 e. The molecule has 2 heterocycles. The van der Waals surface area contributed by atoms with Crippen molar-refractivity contribution in [2.75, 3.05) is 12.3 Å². The zero-order valence-electron chi connectivity index (χ0n) is 14.2. The Morgan fingerprint density at radius 2 is 1.96 bits per heavy atom. The van der Waals surface area contributed by atoms with E-state index in [0.29, 0.717) is 24.6 Å². The minimum absolute atomic E-state index is 0. The molecule has 0 atom stereocenters. The monoisotopic (exact) mass is 388 g/mol. The summed E-state index contributed by atoms with van der Waals surface area (Å²) in [6, 6.07) is 0. The Morgan fingerprint density at radius 1 is 1.36 bits per heavy atom. The van der Waals surface area contributed by atoms with Crippen LogP contribution in [-0.2, 0) is 22.6 Å². The van der Waals surface area contributed by atoms with Gasteiger partial charge in [-0.25, -0.2) is 14.8 Å². The van der Waals surface area contributed by atoms with E-state index < -0.39 is 11.8 Å². The SMILES string of the molecule is CC(=O)C(=O)O.Cc1ncc(C[n+]2csc(CCO)c2C)c(N)n1.[Cl-]. The molecule has 0 aliphatic carbocycles. The summed E-state index contributed by atoms with van der Waals surface area (Å²) in [7, 11) is 0. The molecule has 0 bridgehead atoms. The summed E-state index contributed by atoms with van der Waals surface area (Å²) in [5, 5.41) is 16.6. The number of thiazole rings is 1. The smallest absolute Gasteiger partial charge is 0.371 e. The summed E-state index contributed by atoms with van der Waals surface area (Å²) in [6.07, 6.45) is 2.47. The van der Waals surface area contributed by atoms with Crippen LogP contribution in [-0.4, -0.2) is 38.5 Å². The highest BCUT2D eigenvalue weighted by molar-refractivity contribution is 7.09. The number of rotatable bonds is 5. The van der Waals surface area contributed by atoms with Gasteiger partial charge in [0.25, 0.3) is 0 Å². The van der Waals surface area contributed by atoms with Crippen molar-refractivity contribution in [3.8, 4) is 0 Å². The predicted octanol–water partition coefficient (Wildman–Crippen LogP) is -2.73. The highest BCUT2D eigenvalue weighted by Crippen LogP contribution is 2.13. The van der Waals surface area contributed by atoms with Crippen LogP contribution in [0.5, 0.6) is 0 Å². The van der Waals surface area contributed by atoms with Gasteiger partial charge in [0.05, 0.1) is 10.4 Å². The number of nitrogen functional groups attached to an aromatic ring is 1. The number of aliphatic hydroxyl groups is 1. The standard InChI is InChI=1S/C12H17N4OS.C3H4O3.ClH/c1-8-11(3-4-17)18-7-16(8)6-10-5-14-9(2)15-12(10)13;1-2(4)3(5)6;/h5,7,17H,3-4,6H2,1-2H3,(H2,13,14,15);1H3,(H,5,6);1H/q+1;;/p-1. The zero-order chi connectivity index (χ0) is 18.3. The van der Waals surface area contributed by atoms with Crippen LogP contribution in [0, 0.1) is 13.8 Å². The van der Waals surface area contributed by atoms with Crippen molar-refractivity contribution in [3.05, 3.63) is 33.7 Å². The van der Waals surface area contributed by atoms with Crippen molar-refractivity contribution >= 4 is 28.9 Å². The number of aromatic nitrogens is 3. The molecule has 0 saturated heterocycles. The van der Waals surface area contributed by atoms with Gasteiger partial charge in [-0.2, -0.15) is 4.57 Å². The number of halogens is 1. The highest BCUT2D eigenvalue weighted by Gasteiger charge is 2.16. The molecule has 8 nitrogen and oxygen atoms in total. The number of hydrogen-bond donors (Lipinski definition) is 3.